The van der Waals surface area contributed by atoms with Gasteiger partial charge in [-0.3, -0.25) is 4.79 Å². The van der Waals surface area contributed by atoms with E-state index in [1.54, 1.807) is 6.07 Å². The fraction of sp³-hybridized carbons (Fsp3) is 0.312. The third-order valence-electron chi connectivity index (χ3n) is 3.28. The maximum atomic E-state index is 12.5. The van der Waals surface area contributed by atoms with Crippen LogP contribution in [0.2, 0.25) is 4.34 Å². The molecule has 0 aliphatic heterocycles. The first kappa shape index (κ1) is 17.1. The van der Waals surface area contributed by atoms with Crippen molar-refractivity contribution in [3.05, 3.63) is 38.9 Å². The molecule has 0 aliphatic rings. The minimum atomic E-state index is -0.243. The van der Waals surface area contributed by atoms with Gasteiger partial charge in [-0.1, -0.05) is 37.5 Å². The van der Waals surface area contributed by atoms with Crippen LogP contribution in [0.4, 0.5) is 5.82 Å². The zero-order valence-electron chi connectivity index (χ0n) is 13.6. The predicted octanol–water partition coefficient (Wildman–Crippen LogP) is 5.37. The monoisotopic (exact) mass is 381 g/mol. The second-order valence-electron chi connectivity index (χ2n) is 6.32. The van der Waals surface area contributed by atoms with Crippen LogP contribution in [0.3, 0.4) is 0 Å². The summed E-state index contributed by atoms with van der Waals surface area (Å²) in [6.07, 6.45) is 0. The molecule has 0 aliphatic carbocycles. The van der Waals surface area contributed by atoms with E-state index in [-0.39, 0.29) is 11.3 Å². The maximum Gasteiger partial charge on any atom is 0.268 e. The van der Waals surface area contributed by atoms with Gasteiger partial charge < -0.3 is 9.84 Å². The van der Waals surface area contributed by atoms with Crippen molar-refractivity contribution in [2.24, 2.45) is 0 Å². The first-order valence-electron chi connectivity index (χ1n) is 7.26. The van der Waals surface area contributed by atoms with Crippen molar-refractivity contribution in [3.8, 4) is 9.88 Å². The molecule has 1 N–H and O–H groups in total. The lowest BCUT2D eigenvalue weighted by Crippen LogP contribution is -2.12. The van der Waals surface area contributed by atoms with Crippen molar-refractivity contribution in [3.63, 3.8) is 0 Å². The molecule has 3 rings (SSSR count). The number of carbonyl (C=O) groups excluding carboxylic acids is 1. The number of rotatable bonds is 3. The Hall–Kier alpha value is -1.70. The summed E-state index contributed by atoms with van der Waals surface area (Å²) in [6, 6.07) is 5.47. The van der Waals surface area contributed by atoms with Crippen LogP contribution >= 0.6 is 34.3 Å². The average Bonchev–Trinajstić information content (AvgIpc) is 3.17. The first-order valence-corrected chi connectivity index (χ1v) is 9.27. The lowest BCUT2D eigenvalue weighted by molar-refractivity contribution is 0.102. The highest BCUT2D eigenvalue weighted by Gasteiger charge is 2.22. The average molecular weight is 382 g/mol. The van der Waals surface area contributed by atoms with E-state index in [1.807, 2.05) is 39.8 Å². The van der Waals surface area contributed by atoms with Crippen LogP contribution in [0.5, 0.6) is 0 Å². The Kier molecular flexibility index (Phi) is 4.50. The van der Waals surface area contributed by atoms with E-state index in [0.717, 1.165) is 9.88 Å². The van der Waals surface area contributed by atoms with Gasteiger partial charge in [-0.15, -0.1) is 22.7 Å². The van der Waals surface area contributed by atoms with E-state index < -0.39 is 0 Å². The van der Waals surface area contributed by atoms with E-state index in [9.17, 15) is 4.79 Å². The summed E-state index contributed by atoms with van der Waals surface area (Å²) in [5, 5.41) is 7.46. The minimum absolute atomic E-state index is 0.165. The van der Waals surface area contributed by atoms with Crippen molar-refractivity contribution >= 4 is 46.0 Å². The van der Waals surface area contributed by atoms with Crippen molar-refractivity contribution in [2.45, 2.75) is 33.1 Å². The molecule has 1 amide bonds. The fourth-order valence-electron chi connectivity index (χ4n) is 2.00. The maximum absolute atomic E-state index is 12.5. The number of aromatic nitrogens is 2. The van der Waals surface area contributed by atoms with Gasteiger partial charge in [0, 0.05) is 11.5 Å². The van der Waals surface area contributed by atoms with Gasteiger partial charge in [-0.2, -0.15) is 0 Å². The summed E-state index contributed by atoms with van der Waals surface area (Å²) in [5.41, 5.74) is 0.513. The quantitative estimate of drug-likeness (QED) is 0.662. The van der Waals surface area contributed by atoms with Crippen molar-refractivity contribution < 1.29 is 9.32 Å². The molecule has 0 radical (unpaired) electrons. The van der Waals surface area contributed by atoms with Gasteiger partial charge in [0.25, 0.3) is 5.91 Å². The number of hydrogen-bond acceptors (Lipinski definition) is 6. The Labute approximate surface area is 152 Å². The molecule has 24 heavy (non-hydrogen) atoms. The van der Waals surface area contributed by atoms with E-state index in [0.29, 0.717) is 26.5 Å². The van der Waals surface area contributed by atoms with Gasteiger partial charge in [-0.05, 0) is 19.1 Å². The van der Waals surface area contributed by atoms with E-state index in [4.69, 9.17) is 16.1 Å². The molecule has 8 heteroatoms. The number of aryl methyl sites for hydroxylation is 1. The zero-order chi connectivity index (χ0) is 17.5. The lowest BCUT2D eigenvalue weighted by atomic mass is 9.93. The third-order valence-corrected chi connectivity index (χ3v) is 5.83. The van der Waals surface area contributed by atoms with Crippen LogP contribution in [-0.4, -0.2) is 16.0 Å². The second-order valence-corrected chi connectivity index (χ2v) is 9.03. The van der Waals surface area contributed by atoms with E-state index in [1.165, 1.54) is 22.7 Å². The van der Waals surface area contributed by atoms with Gasteiger partial charge in [0.15, 0.2) is 5.82 Å². The SMILES string of the molecule is Cc1nc(-c2ccc(Cl)s2)sc1C(=O)Nc1cc(C(C)(C)C)on1. The fourth-order valence-corrected chi connectivity index (χ4v) is 4.06. The van der Waals surface area contributed by atoms with Crippen LogP contribution in [0, 0.1) is 6.92 Å². The first-order chi connectivity index (χ1) is 11.2. The highest BCUT2D eigenvalue weighted by Crippen LogP contribution is 2.35. The van der Waals surface area contributed by atoms with Gasteiger partial charge in [0.05, 0.1) is 14.9 Å². The molecule has 3 heterocycles. The molecule has 5 nitrogen and oxygen atoms in total. The van der Waals surface area contributed by atoms with Gasteiger partial charge >= 0.3 is 0 Å². The lowest BCUT2D eigenvalue weighted by Gasteiger charge is -2.11. The number of amides is 1. The normalized spacial score (nSPS) is 11.7. The molecule has 0 aromatic carbocycles. The molecular weight excluding hydrogens is 366 g/mol. The molecule has 0 fully saturated rings. The zero-order valence-corrected chi connectivity index (χ0v) is 16.0. The van der Waals surface area contributed by atoms with E-state index >= 15 is 0 Å². The van der Waals surface area contributed by atoms with Crippen molar-refractivity contribution in [2.75, 3.05) is 5.32 Å². The molecule has 0 saturated heterocycles. The van der Waals surface area contributed by atoms with Crippen LogP contribution in [0.1, 0.15) is 41.9 Å². The number of nitrogens with one attached hydrogen (secondary N) is 1. The van der Waals surface area contributed by atoms with Gasteiger partial charge in [0.2, 0.25) is 0 Å². The number of hydrogen-bond donors (Lipinski definition) is 1. The van der Waals surface area contributed by atoms with Crippen LogP contribution in [0.25, 0.3) is 9.88 Å². The van der Waals surface area contributed by atoms with Crippen molar-refractivity contribution in [1.29, 1.82) is 0 Å². The largest absolute Gasteiger partial charge is 0.359 e. The minimum Gasteiger partial charge on any atom is -0.359 e. The summed E-state index contributed by atoms with van der Waals surface area (Å²) in [4.78, 5) is 18.5. The van der Waals surface area contributed by atoms with Crippen LogP contribution in [0.15, 0.2) is 22.7 Å². The molecule has 0 atom stereocenters. The number of anilines is 1. The number of nitrogens with zero attached hydrogens (tertiary/aromatic N) is 2. The molecule has 0 unspecified atom stereocenters. The molecule has 0 saturated carbocycles. The molecule has 3 aromatic rings. The highest BCUT2D eigenvalue weighted by atomic mass is 35.5. The molecular formula is C16H16ClN3O2S2. The molecule has 126 valence electrons. The Morgan fingerprint density at radius 3 is 2.62 bits per heavy atom. The Balaban J connectivity index is 1.80. The van der Waals surface area contributed by atoms with Gasteiger partial charge in [0.1, 0.15) is 15.6 Å². The van der Waals surface area contributed by atoms with E-state index in [2.05, 4.69) is 15.5 Å². The standard InChI is InChI=1S/C16H16ClN3O2S2/c1-8-13(24-15(18-8)9-5-6-11(17)23-9)14(21)19-12-7-10(22-20-12)16(2,3)4/h5-7H,1-4H3,(H,19,20,21). The smallest absolute Gasteiger partial charge is 0.268 e. The topological polar surface area (TPSA) is 68.0 Å². The Morgan fingerprint density at radius 1 is 1.29 bits per heavy atom. The number of halogens is 1. The summed E-state index contributed by atoms with van der Waals surface area (Å²) in [7, 11) is 0. The summed E-state index contributed by atoms with van der Waals surface area (Å²) in [5.74, 6) is 0.874. The second kappa shape index (κ2) is 6.31. The number of carbonyl (C=O) groups is 1. The third kappa shape index (κ3) is 3.53. The number of thiophene rings is 1. The number of thiazole rings is 1. The molecule has 3 aromatic heterocycles. The highest BCUT2D eigenvalue weighted by molar-refractivity contribution is 7.24. The van der Waals surface area contributed by atoms with Gasteiger partial charge in [-0.25, -0.2) is 4.98 Å². The summed E-state index contributed by atoms with van der Waals surface area (Å²) < 4.78 is 5.98. The molecule has 0 spiro atoms. The molecule has 0 bridgehead atoms. The predicted molar refractivity (Wildman–Crippen MR) is 98.3 cm³/mol. The Bertz CT molecular complexity index is 889. The summed E-state index contributed by atoms with van der Waals surface area (Å²) >= 11 is 8.74. The van der Waals surface area contributed by atoms with Crippen LogP contribution in [-0.2, 0) is 5.41 Å². The van der Waals surface area contributed by atoms with Crippen molar-refractivity contribution in [1.82, 2.24) is 10.1 Å². The summed E-state index contributed by atoms with van der Waals surface area (Å²) in [6.45, 7) is 7.87. The Morgan fingerprint density at radius 2 is 2.04 bits per heavy atom. The van der Waals surface area contributed by atoms with Crippen LogP contribution < -0.4 is 5.32 Å².